The second kappa shape index (κ2) is 9.46. The fourth-order valence-corrected chi connectivity index (χ4v) is 6.98. The molecule has 3 atom stereocenters. The normalized spacial score (nSPS) is 30.9. The van der Waals surface area contributed by atoms with Crippen molar-refractivity contribution in [3.63, 3.8) is 0 Å². The first-order valence-electron chi connectivity index (χ1n) is 12.8. The lowest BCUT2D eigenvalue weighted by Gasteiger charge is -2.41. The number of halogens is 1. The minimum atomic E-state index is -0.629. The van der Waals surface area contributed by atoms with Gasteiger partial charge in [0.25, 0.3) is 0 Å². The van der Waals surface area contributed by atoms with Gasteiger partial charge in [-0.15, -0.1) is 0 Å². The van der Waals surface area contributed by atoms with E-state index in [0.717, 1.165) is 61.0 Å². The molecule has 2 aromatic rings. The standard InChI is InChI=1S/C28H36ClNO3/c1-3-18-4-10-24(11-5-18)33-26-13-7-20-14-19(6-12-25(20)27(26)29)17(2)30-22-8-9-23(30)16-21(15-22)28(31)32/h6-7,12-14,17-18,21-24H,3-5,8-11,15-16H2,1-2H3,(H,31,32)/t17-,18-,21?,22?,23?,24+/m1/s1. The number of aliphatic carboxylic acids is 1. The van der Waals surface area contributed by atoms with Crippen molar-refractivity contribution in [1.29, 1.82) is 0 Å². The molecule has 2 saturated heterocycles. The molecule has 0 aromatic heterocycles. The third-order valence-electron chi connectivity index (χ3n) is 8.68. The van der Waals surface area contributed by atoms with Gasteiger partial charge in [0.05, 0.1) is 17.0 Å². The summed E-state index contributed by atoms with van der Waals surface area (Å²) in [4.78, 5) is 14.1. The van der Waals surface area contributed by atoms with E-state index in [-0.39, 0.29) is 18.1 Å². The van der Waals surface area contributed by atoms with Gasteiger partial charge in [-0.3, -0.25) is 9.69 Å². The Morgan fingerprint density at radius 3 is 2.42 bits per heavy atom. The zero-order valence-corrected chi connectivity index (χ0v) is 20.6. The van der Waals surface area contributed by atoms with Crippen LogP contribution >= 0.6 is 11.6 Å². The van der Waals surface area contributed by atoms with Gasteiger partial charge >= 0.3 is 5.97 Å². The maximum Gasteiger partial charge on any atom is 0.306 e. The van der Waals surface area contributed by atoms with Crippen LogP contribution in [0.15, 0.2) is 30.3 Å². The second-order valence-corrected chi connectivity index (χ2v) is 10.9. The molecule has 1 N–H and O–H groups in total. The number of nitrogens with zero attached hydrogens (tertiary/aromatic N) is 1. The highest BCUT2D eigenvalue weighted by molar-refractivity contribution is 6.37. The quantitative estimate of drug-likeness (QED) is 0.484. The van der Waals surface area contributed by atoms with Crippen molar-refractivity contribution in [3.05, 3.63) is 40.9 Å². The number of hydrogen-bond donors (Lipinski definition) is 1. The molecule has 1 saturated carbocycles. The number of hydrogen-bond acceptors (Lipinski definition) is 3. The fraction of sp³-hybridized carbons (Fsp3) is 0.607. The molecule has 3 fully saturated rings. The number of carboxylic acid groups (broad SMARTS) is 1. The Morgan fingerprint density at radius 2 is 1.79 bits per heavy atom. The third-order valence-corrected chi connectivity index (χ3v) is 9.07. The molecular formula is C28H36ClNO3. The molecule has 0 amide bonds. The summed E-state index contributed by atoms with van der Waals surface area (Å²) in [6, 6.07) is 11.8. The Balaban J connectivity index is 1.32. The summed E-state index contributed by atoms with van der Waals surface area (Å²) >= 11 is 6.81. The Bertz CT molecular complexity index is 1000. The summed E-state index contributed by atoms with van der Waals surface area (Å²) in [7, 11) is 0. The van der Waals surface area contributed by atoms with E-state index in [9.17, 15) is 9.90 Å². The van der Waals surface area contributed by atoms with Crippen molar-refractivity contribution in [2.24, 2.45) is 11.8 Å². The van der Waals surface area contributed by atoms with Gasteiger partial charge in [0.2, 0.25) is 0 Å². The van der Waals surface area contributed by atoms with E-state index < -0.39 is 5.97 Å². The molecule has 0 radical (unpaired) electrons. The highest BCUT2D eigenvalue weighted by Gasteiger charge is 2.45. The van der Waals surface area contributed by atoms with Gasteiger partial charge in [-0.25, -0.2) is 0 Å². The highest BCUT2D eigenvalue weighted by Crippen LogP contribution is 2.44. The smallest absolute Gasteiger partial charge is 0.306 e. The lowest BCUT2D eigenvalue weighted by atomic mass is 9.86. The van der Waals surface area contributed by atoms with Gasteiger partial charge in [-0.2, -0.15) is 0 Å². The van der Waals surface area contributed by atoms with E-state index in [1.54, 1.807) is 0 Å². The van der Waals surface area contributed by atoms with E-state index >= 15 is 0 Å². The first-order chi connectivity index (χ1) is 15.9. The minimum absolute atomic E-state index is 0.184. The van der Waals surface area contributed by atoms with Gasteiger partial charge in [0.15, 0.2) is 0 Å². The monoisotopic (exact) mass is 469 g/mol. The summed E-state index contributed by atoms with van der Waals surface area (Å²) in [5, 5.41) is 12.4. The Kier molecular flexibility index (Phi) is 6.59. The summed E-state index contributed by atoms with van der Waals surface area (Å²) in [5.74, 6) is 0.842. The number of rotatable bonds is 6. The molecule has 5 heteroatoms. The van der Waals surface area contributed by atoms with Crippen molar-refractivity contribution in [2.45, 2.75) is 95.9 Å². The lowest BCUT2D eigenvalue weighted by molar-refractivity contribution is -0.144. The molecule has 2 unspecified atom stereocenters. The molecule has 2 bridgehead atoms. The molecule has 178 valence electrons. The van der Waals surface area contributed by atoms with E-state index in [4.69, 9.17) is 16.3 Å². The fourth-order valence-electron chi connectivity index (χ4n) is 6.70. The molecular weight excluding hydrogens is 434 g/mol. The molecule has 4 nitrogen and oxygen atoms in total. The Morgan fingerprint density at radius 1 is 1.09 bits per heavy atom. The van der Waals surface area contributed by atoms with Crippen LogP contribution < -0.4 is 4.74 Å². The van der Waals surface area contributed by atoms with Crippen LogP contribution in [0.3, 0.4) is 0 Å². The topological polar surface area (TPSA) is 49.8 Å². The zero-order valence-electron chi connectivity index (χ0n) is 19.8. The van der Waals surface area contributed by atoms with Gasteiger partial charge in [0.1, 0.15) is 5.75 Å². The molecule has 5 rings (SSSR count). The van der Waals surface area contributed by atoms with Crippen LogP contribution in [0.4, 0.5) is 0 Å². The summed E-state index contributed by atoms with van der Waals surface area (Å²) in [5.41, 5.74) is 1.27. The predicted octanol–water partition coefficient (Wildman–Crippen LogP) is 7.23. The SMILES string of the molecule is CC[C@H]1CC[C@@H](Oc2ccc3cc([C@@H](C)N4C5CCC4CC(C(=O)O)C5)ccc3c2Cl)CC1. The molecule has 2 aliphatic heterocycles. The Hall–Kier alpha value is -1.78. The maximum atomic E-state index is 11.5. The molecule has 33 heavy (non-hydrogen) atoms. The summed E-state index contributed by atoms with van der Waals surface area (Å²) in [6.45, 7) is 4.54. The van der Waals surface area contributed by atoms with E-state index in [1.807, 2.05) is 6.07 Å². The number of benzene rings is 2. The summed E-state index contributed by atoms with van der Waals surface area (Å²) in [6.07, 6.45) is 10.0. The van der Waals surface area contributed by atoms with Crippen molar-refractivity contribution in [3.8, 4) is 5.75 Å². The maximum absolute atomic E-state index is 11.5. The highest BCUT2D eigenvalue weighted by atomic mass is 35.5. The molecule has 2 heterocycles. The number of carboxylic acids is 1. The van der Waals surface area contributed by atoms with Crippen molar-refractivity contribution < 1.29 is 14.6 Å². The van der Waals surface area contributed by atoms with Crippen LogP contribution in [-0.4, -0.2) is 34.2 Å². The molecule has 2 aromatic carbocycles. The Labute approximate surface area is 202 Å². The van der Waals surface area contributed by atoms with Crippen LogP contribution in [0.5, 0.6) is 5.75 Å². The van der Waals surface area contributed by atoms with Crippen LogP contribution in [0.25, 0.3) is 10.8 Å². The van der Waals surface area contributed by atoms with Crippen molar-refractivity contribution in [1.82, 2.24) is 4.90 Å². The lowest BCUT2D eigenvalue weighted by Crippen LogP contribution is -2.45. The second-order valence-electron chi connectivity index (χ2n) is 10.5. The van der Waals surface area contributed by atoms with Crippen LogP contribution in [0, 0.1) is 11.8 Å². The molecule has 0 spiro atoms. The van der Waals surface area contributed by atoms with Crippen LogP contribution in [0.1, 0.15) is 83.2 Å². The van der Waals surface area contributed by atoms with E-state index in [2.05, 4.69) is 43.0 Å². The van der Waals surface area contributed by atoms with Crippen LogP contribution in [-0.2, 0) is 4.79 Å². The third kappa shape index (κ3) is 4.49. The van der Waals surface area contributed by atoms with Crippen molar-refractivity contribution >= 4 is 28.3 Å². The number of carbonyl (C=O) groups is 1. The number of fused-ring (bicyclic) bond motifs is 3. The molecule has 1 aliphatic carbocycles. The largest absolute Gasteiger partial charge is 0.489 e. The average Bonchev–Trinajstić information content (AvgIpc) is 3.09. The predicted molar refractivity (Wildman–Crippen MR) is 133 cm³/mol. The number of ether oxygens (including phenoxy) is 1. The number of piperidine rings is 1. The van der Waals surface area contributed by atoms with Gasteiger partial charge in [-0.1, -0.05) is 43.1 Å². The first kappa shape index (κ1) is 23.0. The summed E-state index contributed by atoms with van der Waals surface area (Å²) < 4.78 is 6.34. The van der Waals surface area contributed by atoms with Gasteiger partial charge in [0, 0.05) is 23.5 Å². The van der Waals surface area contributed by atoms with Crippen molar-refractivity contribution in [2.75, 3.05) is 0 Å². The van der Waals surface area contributed by atoms with Crippen LogP contribution in [0.2, 0.25) is 5.02 Å². The zero-order chi connectivity index (χ0) is 23.1. The van der Waals surface area contributed by atoms with E-state index in [1.165, 1.54) is 24.8 Å². The average molecular weight is 470 g/mol. The van der Waals surface area contributed by atoms with Gasteiger partial charge in [-0.05, 0) is 87.3 Å². The first-order valence-corrected chi connectivity index (χ1v) is 13.2. The minimum Gasteiger partial charge on any atom is -0.489 e. The van der Waals surface area contributed by atoms with E-state index in [0.29, 0.717) is 17.1 Å². The molecule has 3 aliphatic rings. The van der Waals surface area contributed by atoms with Gasteiger partial charge < -0.3 is 9.84 Å².